The smallest absolute Gasteiger partial charge is 0.175 e. The Morgan fingerprint density at radius 1 is 1.06 bits per heavy atom. The van der Waals surface area contributed by atoms with Crippen LogP contribution in [0, 0.1) is 13.8 Å². The third kappa shape index (κ3) is 3.89. The molecule has 0 saturated carbocycles. The molecule has 0 unspecified atom stereocenters. The van der Waals surface area contributed by atoms with Gasteiger partial charge in [0.1, 0.15) is 11.5 Å². The van der Waals surface area contributed by atoms with Crippen LogP contribution < -0.4 is 0 Å². The van der Waals surface area contributed by atoms with Gasteiger partial charge in [-0.05, 0) is 26.7 Å². The lowest BCUT2D eigenvalue weighted by molar-refractivity contribution is 0.870. The summed E-state index contributed by atoms with van der Waals surface area (Å²) in [6.45, 7) is 8.96. The highest BCUT2D eigenvalue weighted by molar-refractivity contribution is 7.96. The minimum absolute atomic E-state index is 0.490. The first-order chi connectivity index (χ1) is 7.69. The monoisotopic (exact) mass is 240 g/mol. The molecule has 0 fully saturated rings. The van der Waals surface area contributed by atoms with Crippen LogP contribution in [0.3, 0.4) is 0 Å². The van der Waals surface area contributed by atoms with E-state index >= 15 is 0 Å². The molecule has 1 aromatic rings. The number of aryl methyl sites for hydroxylation is 2. The highest BCUT2D eigenvalue weighted by Crippen LogP contribution is 2.22. The second-order valence-electron chi connectivity index (χ2n) is 4.55. The maximum atomic E-state index is 3.45. The Kier molecular flexibility index (Phi) is 6.04. The summed E-state index contributed by atoms with van der Waals surface area (Å²) in [7, 11) is 0.490. The normalized spacial score (nSPS) is 11.3. The Morgan fingerprint density at radius 2 is 1.62 bits per heavy atom. The number of hydrogen-bond donors (Lipinski definition) is 1. The minimum atomic E-state index is 0.490. The summed E-state index contributed by atoms with van der Waals surface area (Å²) in [5.41, 5.74) is 2.71. The van der Waals surface area contributed by atoms with Gasteiger partial charge in [0.2, 0.25) is 0 Å². The van der Waals surface area contributed by atoms with Crippen molar-refractivity contribution in [1.82, 2.24) is 4.98 Å². The highest BCUT2D eigenvalue weighted by atomic mass is 32.2. The second-order valence-corrected chi connectivity index (χ2v) is 6.79. The fourth-order valence-electron chi connectivity index (χ4n) is 1.96. The van der Waals surface area contributed by atoms with Gasteiger partial charge in [0.15, 0.2) is 4.90 Å². The zero-order valence-corrected chi connectivity index (χ0v) is 12.0. The Hall–Kier alpha value is -0.370. The van der Waals surface area contributed by atoms with Gasteiger partial charge in [-0.2, -0.15) is 0 Å². The molecule has 0 amide bonds. The van der Waals surface area contributed by atoms with E-state index in [1.807, 2.05) is 0 Å². The van der Waals surface area contributed by atoms with Crippen LogP contribution in [0.15, 0.2) is 11.0 Å². The standard InChI is InChI=1S/C14H26NS/c1-5-7-9-16(10-8-6-2)14-11-12(3)15-13(14)4/h11,15H,5-10H2,1-4H3/q+1. The molecular formula is C14H26NS+. The van der Waals surface area contributed by atoms with Crippen molar-refractivity contribution in [3.05, 3.63) is 17.5 Å². The van der Waals surface area contributed by atoms with Crippen molar-refractivity contribution < 1.29 is 0 Å². The molecule has 0 atom stereocenters. The number of rotatable bonds is 7. The summed E-state index contributed by atoms with van der Waals surface area (Å²) in [4.78, 5) is 5.04. The molecular weight excluding hydrogens is 214 g/mol. The maximum Gasteiger partial charge on any atom is 0.175 e. The number of hydrogen-bond acceptors (Lipinski definition) is 0. The average Bonchev–Trinajstić information content (AvgIpc) is 2.58. The van der Waals surface area contributed by atoms with Gasteiger partial charge in [0, 0.05) is 22.7 Å². The largest absolute Gasteiger partial charge is 0.359 e. The van der Waals surface area contributed by atoms with Crippen LogP contribution in [-0.2, 0) is 10.9 Å². The average molecular weight is 240 g/mol. The van der Waals surface area contributed by atoms with Gasteiger partial charge < -0.3 is 4.98 Å². The van der Waals surface area contributed by atoms with Gasteiger partial charge in [-0.25, -0.2) is 0 Å². The van der Waals surface area contributed by atoms with Crippen molar-refractivity contribution in [1.29, 1.82) is 0 Å². The van der Waals surface area contributed by atoms with E-state index in [9.17, 15) is 0 Å². The molecule has 1 N–H and O–H groups in total. The molecule has 16 heavy (non-hydrogen) atoms. The van der Waals surface area contributed by atoms with E-state index in [0.29, 0.717) is 10.9 Å². The van der Waals surface area contributed by atoms with Crippen LogP contribution in [-0.4, -0.2) is 16.5 Å². The SMILES string of the molecule is CCCC[S+](CCCC)c1cc(C)[nH]c1C. The first-order valence-electron chi connectivity index (χ1n) is 6.52. The van der Waals surface area contributed by atoms with E-state index in [0.717, 1.165) is 0 Å². The summed E-state index contributed by atoms with van der Waals surface area (Å²) in [5.74, 6) is 2.77. The molecule has 1 aromatic heterocycles. The molecule has 0 aliphatic rings. The molecule has 0 aromatic carbocycles. The molecule has 0 aliphatic carbocycles. The fourth-order valence-corrected chi connectivity index (χ4v) is 4.70. The van der Waals surface area contributed by atoms with Crippen molar-refractivity contribution in [2.75, 3.05) is 11.5 Å². The molecule has 0 saturated heterocycles. The molecule has 2 heteroatoms. The van der Waals surface area contributed by atoms with Crippen molar-refractivity contribution in [2.24, 2.45) is 0 Å². The molecule has 0 aliphatic heterocycles. The van der Waals surface area contributed by atoms with E-state index < -0.39 is 0 Å². The van der Waals surface area contributed by atoms with Gasteiger partial charge >= 0.3 is 0 Å². The minimum Gasteiger partial charge on any atom is -0.359 e. The quantitative estimate of drug-likeness (QED) is 0.687. The van der Waals surface area contributed by atoms with Crippen LogP contribution in [0.5, 0.6) is 0 Å². The lowest BCUT2D eigenvalue weighted by Gasteiger charge is -2.06. The molecule has 0 radical (unpaired) electrons. The van der Waals surface area contributed by atoms with Crippen LogP contribution >= 0.6 is 0 Å². The van der Waals surface area contributed by atoms with Gasteiger partial charge in [-0.3, -0.25) is 0 Å². The number of aromatic nitrogens is 1. The summed E-state index contributed by atoms with van der Waals surface area (Å²) in [6, 6.07) is 2.36. The van der Waals surface area contributed by atoms with Crippen molar-refractivity contribution >= 4 is 10.9 Å². The predicted octanol–water partition coefficient (Wildman–Crippen LogP) is 4.21. The summed E-state index contributed by atoms with van der Waals surface area (Å²) < 4.78 is 0. The molecule has 0 spiro atoms. The van der Waals surface area contributed by atoms with Crippen molar-refractivity contribution in [3.8, 4) is 0 Å². The maximum absolute atomic E-state index is 3.45. The Morgan fingerprint density at radius 3 is 2.00 bits per heavy atom. The summed E-state index contributed by atoms with van der Waals surface area (Å²) >= 11 is 0. The number of nitrogens with one attached hydrogen (secondary N) is 1. The summed E-state index contributed by atoms with van der Waals surface area (Å²) in [6.07, 6.45) is 5.38. The first kappa shape index (κ1) is 13.7. The predicted molar refractivity (Wildman–Crippen MR) is 75.4 cm³/mol. The third-order valence-corrected chi connectivity index (χ3v) is 5.51. The van der Waals surface area contributed by atoms with Crippen molar-refractivity contribution in [3.63, 3.8) is 0 Å². The molecule has 1 heterocycles. The summed E-state index contributed by atoms with van der Waals surface area (Å²) in [5, 5.41) is 0. The molecule has 0 bridgehead atoms. The lowest BCUT2D eigenvalue weighted by Crippen LogP contribution is -2.13. The van der Waals surface area contributed by atoms with Gasteiger partial charge in [-0.15, -0.1) is 0 Å². The van der Waals surface area contributed by atoms with E-state index in [1.54, 1.807) is 4.90 Å². The van der Waals surface area contributed by atoms with Gasteiger partial charge in [0.25, 0.3) is 0 Å². The van der Waals surface area contributed by atoms with Crippen LogP contribution in [0.1, 0.15) is 50.9 Å². The molecule has 1 nitrogen and oxygen atoms in total. The van der Waals surface area contributed by atoms with Crippen LogP contribution in [0.4, 0.5) is 0 Å². The van der Waals surface area contributed by atoms with Crippen molar-refractivity contribution in [2.45, 2.75) is 58.3 Å². The topological polar surface area (TPSA) is 15.8 Å². The highest BCUT2D eigenvalue weighted by Gasteiger charge is 2.24. The van der Waals surface area contributed by atoms with Crippen LogP contribution in [0.25, 0.3) is 0 Å². The Bertz CT molecular complexity index is 296. The lowest BCUT2D eigenvalue weighted by atomic mass is 10.4. The Labute approximate surface area is 103 Å². The number of aromatic amines is 1. The number of H-pyrrole nitrogens is 1. The molecule has 92 valence electrons. The van der Waals surface area contributed by atoms with E-state index in [2.05, 4.69) is 38.7 Å². The second kappa shape index (κ2) is 7.05. The van der Waals surface area contributed by atoms with E-state index in [1.165, 1.54) is 48.6 Å². The number of unbranched alkanes of at least 4 members (excludes halogenated alkanes) is 2. The van der Waals surface area contributed by atoms with Crippen LogP contribution in [0.2, 0.25) is 0 Å². The van der Waals surface area contributed by atoms with E-state index in [-0.39, 0.29) is 0 Å². The first-order valence-corrected chi connectivity index (χ1v) is 8.09. The van der Waals surface area contributed by atoms with Gasteiger partial charge in [-0.1, -0.05) is 26.7 Å². The van der Waals surface area contributed by atoms with E-state index in [4.69, 9.17) is 0 Å². The third-order valence-electron chi connectivity index (χ3n) is 2.90. The zero-order chi connectivity index (χ0) is 12.0. The zero-order valence-electron chi connectivity index (χ0n) is 11.2. The van der Waals surface area contributed by atoms with Gasteiger partial charge in [0.05, 0.1) is 5.69 Å². The fraction of sp³-hybridized carbons (Fsp3) is 0.714. The Balaban J connectivity index is 2.70. The molecule has 1 rings (SSSR count).